The molecule has 0 unspecified atom stereocenters. The molecule has 0 radical (unpaired) electrons. The minimum absolute atomic E-state index is 0.118. The van der Waals surface area contributed by atoms with Crippen LogP contribution in [0.15, 0.2) is 67.3 Å². The Balaban J connectivity index is 1.78. The molecule has 3 aromatic carbocycles. The smallest absolute Gasteiger partial charge is 0.201 e. The number of halogens is 3. The molecule has 0 atom stereocenters. The molecule has 0 aliphatic rings. The molecule has 0 aromatic heterocycles. The predicted molar refractivity (Wildman–Crippen MR) is 112 cm³/mol. The van der Waals surface area contributed by atoms with Crippen LogP contribution in [0.1, 0.15) is 23.1 Å². The van der Waals surface area contributed by atoms with Gasteiger partial charge in [0.15, 0.2) is 11.6 Å². The second kappa shape index (κ2) is 9.28. The van der Waals surface area contributed by atoms with E-state index in [4.69, 9.17) is 4.74 Å². The highest BCUT2D eigenvalue weighted by Gasteiger charge is 2.15. The van der Waals surface area contributed by atoms with Gasteiger partial charge in [-0.2, -0.15) is 4.39 Å². The minimum atomic E-state index is -1.01. The van der Waals surface area contributed by atoms with Crippen molar-refractivity contribution in [3.8, 4) is 16.9 Å². The summed E-state index contributed by atoms with van der Waals surface area (Å²) < 4.78 is 47.9. The average molecular weight is 394 g/mol. The lowest BCUT2D eigenvalue weighted by molar-refractivity contribution is 0.302. The van der Waals surface area contributed by atoms with Gasteiger partial charge in [-0.3, -0.25) is 0 Å². The molecule has 3 rings (SSSR count). The standard InChI is InChI=1S/C25H21F3O/c1-3-4-15-29-23-14-13-21(24(27)25(23)28)19-10-6-18(7-11-19)8-12-20-9-5-17(2)16-22(20)26/h3,5-14,16H,1,4,15H2,2H3/b12-8+. The molecule has 0 fully saturated rings. The third-order valence-electron chi connectivity index (χ3n) is 4.46. The topological polar surface area (TPSA) is 9.23 Å². The Hall–Kier alpha value is -3.27. The maximum absolute atomic E-state index is 14.5. The van der Waals surface area contributed by atoms with E-state index in [0.29, 0.717) is 17.5 Å². The fraction of sp³-hybridized carbons (Fsp3) is 0.120. The first-order valence-electron chi connectivity index (χ1n) is 9.26. The molecule has 0 N–H and O–H groups in total. The van der Waals surface area contributed by atoms with Gasteiger partial charge in [0.1, 0.15) is 5.82 Å². The van der Waals surface area contributed by atoms with Gasteiger partial charge in [0, 0.05) is 11.1 Å². The van der Waals surface area contributed by atoms with Crippen molar-refractivity contribution < 1.29 is 17.9 Å². The Morgan fingerprint density at radius 3 is 2.34 bits per heavy atom. The van der Waals surface area contributed by atoms with Gasteiger partial charge in [0.25, 0.3) is 0 Å². The molecule has 0 aliphatic heterocycles. The fourth-order valence-corrected chi connectivity index (χ4v) is 2.85. The van der Waals surface area contributed by atoms with Gasteiger partial charge in [0.2, 0.25) is 5.82 Å². The van der Waals surface area contributed by atoms with Crippen molar-refractivity contribution in [2.45, 2.75) is 13.3 Å². The number of hydrogen-bond acceptors (Lipinski definition) is 1. The van der Waals surface area contributed by atoms with Gasteiger partial charge < -0.3 is 4.74 Å². The Labute approximate surface area is 168 Å². The Bertz CT molecular complexity index is 1040. The summed E-state index contributed by atoms with van der Waals surface area (Å²) in [6, 6.07) is 14.9. The molecule has 3 aromatic rings. The molecule has 0 heterocycles. The molecule has 0 saturated heterocycles. The highest BCUT2D eigenvalue weighted by Crippen LogP contribution is 2.30. The highest BCUT2D eigenvalue weighted by molar-refractivity contribution is 5.72. The Morgan fingerprint density at radius 2 is 1.66 bits per heavy atom. The normalized spacial score (nSPS) is 11.0. The van der Waals surface area contributed by atoms with E-state index in [-0.39, 0.29) is 23.7 Å². The zero-order chi connectivity index (χ0) is 20.8. The third-order valence-corrected chi connectivity index (χ3v) is 4.46. The van der Waals surface area contributed by atoms with E-state index >= 15 is 0 Å². The number of rotatable bonds is 7. The van der Waals surface area contributed by atoms with Gasteiger partial charge in [-0.05, 0) is 48.2 Å². The molecule has 0 bridgehead atoms. The summed E-state index contributed by atoms with van der Waals surface area (Å²) in [5, 5.41) is 0. The van der Waals surface area contributed by atoms with Gasteiger partial charge in [-0.1, -0.05) is 54.6 Å². The van der Waals surface area contributed by atoms with Crippen LogP contribution in [0.4, 0.5) is 13.2 Å². The molecular weight excluding hydrogens is 373 g/mol. The Morgan fingerprint density at radius 1 is 0.897 bits per heavy atom. The second-order valence-electron chi connectivity index (χ2n) is 6.65. The van der Waals surface area contributed by atoms with Crippen LogP contribution in [0.25, 0.3) is 23.3 Å². The summed E-state index contributed by atoms with van der Waals surface area (Å²) in [4.78, 5) is 0. The largest absolute Gasteiger partial charge is 0.490 e. The molecule has 1 nitrogen and oxygen atoms in total. The molecule has 0 amide bonds. The molecule has 0 aliphatic carbocycles. The first-order chi connectivity index (χ1) is 14.0. The van der Waals surface area contributed by atoms with E-state index in [1.807, 2.05) is 13.0 Å². The van der Waals surface area contributed by atoms with Crippen molar-refractivity contribution in [3.05, 3.63) is 101 Å². The maximum Gasteiger partial charge on any atom is 0.201 e. The van der Waals surface area contributed by atoms with Crippen LogP contribution in [0.3, 0.4) is 0 Å². The van der Waals surface area contributed by atoms with E-state index in [9.17, 15) is 13.2 Å². The summed E-state index contributed by atoms with van der Waals surface area (Å²) in [6.45, 7) is 5.63. The van der Waals surface area contributed by atoms with Crippen LogP contribution in [0, 0.1) is 24.4 Å². The van der Waals surface area contributed by atoms with Crippen LogP contribution < -0.4 is 4.74 Å². The van der Waals surface area contributed by atoms with Crippen LogP contribution in [-0.4, -0.2) is 6.61 Å². The van der Waals surface area contributed by atoms with Crippen LogP contribution in [0.2, 0.25) is 0 Å². The summed E-state index contributed by atoms with van der Waals surface area (Å²) >= 11 is 0. The summed E-state index contributed by atoms with van der Waals surface area (Å²) in [5.41, 5.74) is 2.85. The summed E-state index contributed by atoms with van der Waals surface area (Å²) in [7, 11) is 0. The quantitative estimate of drug-likeness (QED) is 0.234. The minimum Gasteiger partial charge on any atom is -0.490 e. The molecular formula is C25H21F3O. The summed E-state index contributed by atoms with van der Waals surface area (Å²) in [6.07, 6.45) is 5.64. The molecule has 148 valence electrons. The van der Waals surface area contributed by atoms with Crippen molar-refractivity contribution in [1.82, 2.24) is 0 Å². The number of benzene rings is 3. The van der Waals surface area contributed by atoms with Crippen LogP contribution in [0.5, 0.6) is 5.75 Å². The zero-order valence-electron chi connectivity index (χ0n) is 16.1. The van der Waals surface area contributed by atoms with Gasteiger partial charge in [-0.25, -0.2) is 8.78 Å². The average Bonchev–Trinajstić information content (AvgIpc) is 2.71. The van der Waals surface area contributed by atoms with E-state index in [1.54, 1.807) is 48.6 Å². The lowest BCUT2D eigenvalue weighted by Crippen LogP contribution is -2.00. The maximum atomic E-state index is 14.5. The number of hydrogen-bond donors (Lipinski definition) is 0. The van der Waals surface area contributed by atoms with Crippen molar-refractivity contribution in [2.24, 2.45) is 0 Å². The summed E-state index contributed by atoms with van der Waals surface area (Å²) in [5.74, 6) is -2.37. The molecule has 29 heavy (non-hydrogen) atoms. The molecule has 0 spiro atoms. The zero-order valence-corrected chi connectivity index (χ0v) is 16.1. The lowest BCUT2D eigenvalue weighted by atomic mass is 10.0. The van der Waals surface area contributed by atoms with Crippen molar-refractivity contribution in [2.75, 3.05) is 6.61 Å². The van der Waals surface area contributed by atoms with Crippen molar-refractivity contribution in [1.29, 1.82) is 0 Å². The molecule has 0 saturated carbocycles. The first-order valence-corrected chi connectivity index (χ1v) is 9.26. The number of ether oxygens (including phenoxy) is 1. The third kappa shape index (κ3) is 4.96. The van der Waals surface area contributed by atoms with Crippen LogP contribution >= 0.6 is 0 Å². The highest BCUT2D eigenvalue weighted by atomic mass is 19.2. The van der Waals surface area contributed by atoms with Crippen molar-refractivity contribution in [3.63, 3.8) is 0 Å². The van der Waals surface area contributed by atoms with E-state index in [0.717, 1.165) is 11.1 Å². The van der Waals surface area contributed by atoms with E-state index in [2.05, 4.69) is 6.58 Å². The fourth-order valence-electron chi connectivity index (χ4n) is 2.85. The number of aryl methyl sites for hydroxylation is 1. The van der Waals surface area contributed by atoms with Gasteiger partial charge >= 0.3 is 0 Å². The predicted octanol–water partition coefficient (Wildman–Crippen LogP) is 7.20. The van der Waals surface area contributed by atoms with Gasteiger partial charge in [-0.15, -0.1) is 6.58 Å². The van der Waals surface area contributed by atoms with E-state index < -0.39 is 11.6 Å². The lowest BCUT2D eigenvalue weighted by Gasteiger charge is -2.10. The Kier molecular flexibility index (Phi) is 6.55. The van der Waals surface area contributed by atoms with Crippen molar-refractivity contribution >= 4 is 12.2 Å². The second-order valence-corrected chi connectivity index (χ2v) is 6.65. The van der Waals surface area contributed by atoms with Gasteiger partial charge in [0.05, 0.1) is 6.61 Å². The first kappa shape index (κ1) is 20.5. The monoisotopic (exact) mass is 394 g/mol. The SMILES string of the molecule is C=CCCOc1ccc(-c2ccc(/C=C/c3ccc(C)cc3F)cc2)c(F)c1F. The van der Waals surface area contributed by atoms with E-state index in [1.165, 1.54) is 18.2 Å². The van der Waals surface area contributed by atoms with Crippen LogP contribution in [-0.2, 0) is 0 Å². The molecule has 4 heteroatoms.